The summed E-state index contributed by atoms with van der Waals surface area (Å²) in [6.45, 7) is 4.10. The Balaban J connectivity index is 3.58. The smallest absolute Gasteiger partial charge is 0.249 e. The van der Waals surface area contributed by atoms with Crippen molar-refractivity contribution in [3.63, 3.8) is 0 Å². The molecule has 6 heteroatoms. The molecule has 0 saturated carbocycles. The average Bonchev–Trinajstić information content (AvgIpc) is 3.54. The van der Waals surface area contributed by atoms with Crippen LogP contribution in [0.25, 0.3) is 0 Å². The summed E-state index contributed by atoms with van der Waals surface area (Å²) >= 11 is 0. The van der Waals surface area contributed by atoms with E-state index in [0.29, 0.717) is 19.3 Å². The van der Waals surface area contributed by atoms with Crippen molar-refractivity contribution < 1.29 is 25.2 Å². The van der Waals surface area contributed by atoms with Crippen LogP contribution in [0.3, 0.4) is 0 Å². The number of amides is 1. The number of carbonyl (C=O) groups excluding carboxylic acids is 1. The molecule has 0 aliphatic rings. The van der Waals surface area contributed by atoms with Crippen molar-refractivity contribution in [2.75, 3.05) is 6.61 Å². The molecule has 490 valence electrons. The van der Waals surface area contributed by atoms with Crippen LogP contribution in [0.4, 0.5) is 0 Å². The minimum absolute atomic E-state index is 0.361. The maximum absolute atomic E-state index is 12.7. The molecule has 0 aliphatic heterocycles. The second-order valence-corrected chi connectivity index (χ2v) is 26.0. The quantitative estimate of drug-likeness (QED) is 0.0308. The summed E-state index contributed by atoms with van der Waals surface area (Å²) in [7, 11) is 0. The van der Waals surface area contributed by atoms with Gasteiger partial charge in [-0.3, -0.25) is 4.79 Å². The number of rotatable bonds is 70. The summed E-state index contributed by atoms with van der Waals surface area (Å²) in [5.74, 6) is -0.592. The molecule has 5 N–H and O–H groups in total. The standard InChI is InChI=1S/C77H147NO5/c1-3-5-7-9-11-13-15-17-19-21-23-25-27-29-31-33-35-36-37-38-39-41-43-45-47-49-51-53-55-57-59-61-63-65-67-69-71-75(81)77(83)78-73(72-79)76(82)74(80)70-68-66-64-62-60-58-56-54-52-50-48-46-44-42-40-34-32-30-28-26-24-22-20-18-16-14-12-10-8-6-4-2/h31,33,36-37,54,56,62,64,73-76,79-82H,3-30,32,34-35,38-53,55,57-61,63,65-72H2,1-2H3,(H,78,83)/b33-31-,37-36-,56-54+,64-62+. The lowest BCUT2D eigenvalue weighted by molar-refractivity contribution is -0.132. The second kappa shape index (κ2) is 71.0. The van der Waals surface area contributed by atoms with Crippen molar-refractivity contribution in [2.24, 2.45) is 0 Å². The fourth-order valence-electron chi connectivity index (χ4n) is 11.9. The van der Waals surface area contributed by atoms with E-state index in [1.165, 1.54) is 327 Å². The highest BCUT2D eigenvalue weighted by Gasteiger charge is 2.28. The molecule has 0 rings (SSSR count). The Morgan fingerprint density at radius 1 is 0.301 bits per heavy atom. The molecule has 83 heavy (non-hydrogen) atoms. The number of hydrogen-bond acceptors (Lipinski definition) is 5. The van der Waals surface area contributed by atoms with Gasteiger partial charge in [0.15, 0.2) is 0 Å². The molecule has 0 aromatic rings. The first kappa shape index (κ1) is 81.3. The molecule has 0 bridgehead atoms. The molecule has 0 spiro atoms. The summed E-state index contributed by atoms with van der Waals surface area (Å²) in [4.78, 5) is 12.7. The molecule has 1 amide bonds. The molecule has 0 fully saturated rings. The van der Waals surface area contributed by atoms with Crippen LogP contribution < -0.4 is 5.32 Å². The molecule has 0 aliphatic carbocycles. The fraction of sp³-hybridized carbons (Fsp3) is 0.883. The van der Waals surface area contributed by atoms with Gasteiger partial charge in [-0.05, 0) is 83.5 Å². The monoisotopic (exact) mass is 1170 g/mol. The third kappa shape index (κ3) is 64.6. The van der Waals surface area contributed by atoms with Crippen LogP contribution in [0.1, 0.15) is 406 Å². The minimum atomic E-state index is -1.29. The Hall–Kier alpha value is -1.73. The highest BCUT2D eigenvalue weighted by atomic mass is 16.3. The van der Waals surface area contributed by atoms with Crippen LogP contribution >= 0.6 is 0 Å². The lowest BCUT2D eigenvalue weighted by atomic mass is 10.00. The van der Waals surface area contributed by atoms with E-state index in [1.54, 1.807) is 0 Å². The van der Waals surface area contributed by atoms with E-state index in [4.69, 9.17) is 0 Å². The molecule has 4 atom stereocenters. The van der Waals surface area contributed by atoms with Crippen LogP contribution in [0, 0.1) is 0 Å². The highest BCUT2D eigenvalue weighted by molar-refractivity contribution is 5.80. The van der Waals surface area contributed by atoms with Gasteiger partial charge in [-0.2, -0.15) is 0 Å². The summed E-state index contributed by atoms with van der Waals surface area (Å²) in [5.41, 5.74) is 0. The molecule has 6 nitrogen and oxygen atoms in total. The maximum Gasteiger partial charge on any atom is 0.249 e. The largest absolute Gasteiger partial charge is 0.394 e. The van der Waals surface area contributed by atoms with Gasteiger partial charge < -0.3 is 25.7 Å². The van der Waals surface area contributed by atoms with Crippen LogP contribution in [-0.2, 0) is 4.79 Å². The number of carbonyl (C=O) groups is 1. The Labute approximate surface area is 519 Å². The van der Waals surface area contributed by atoms with E-state index in [0.717, 1.165) is 44.9 Å². The molecule has 0 saturated heterocycles. The van der Waals surface area contributed by atoms with Crippen molar-refractivity contribution in [2.45, 2.75) is 430 Å². The Morgan fingerprint density at radius 3 is 0.831 bits per heavy atom. The van der Waals surface area contributed by atoms with Gasteiger partial charge in [-0.15, -0.1) is 0 Å². The summed E-state index contributed by atoms with van der Waals surface area (Å²) in [6, 6.07) is -1.01. The van der Waals surface area contributed by atoms with Crippen molar-refractivity contribution >= 4 is 5.91 Å². The minimum Gasteiger partial charge on any atom is -0.394 e. The first-order valence-corrected chi connectivity index (χ1v) is 37.5. The number of aliphatic hydroxyl groups excluding tert-OH is 4. The van der Waals surface area contributed by atoms with E-state index in [1.807, 2.05) is 0 Å². The van der Waals surface area contributed by atoms with Crippen LogP contribution in [-0.4, -0.2) is 57.3 Å². The van der Waals surface area contributed by atoms with Crippen LogP contribution in [0.15, 0.2) is 48.6 Å². The van der Waals surface area contributed by atoms with Gasteiger partial charge in [0, 0.05) is 0 Å². The topological polar surface area (TPSA) is 110 Å². The predicted molar refractivity (Wildman–Crippen MR) is 367 cm³/mol. The molecular formula is C77H147NO5. The van der Waals surface area contributed by atoms with E-state index in [9.17, 15) is 25.2 Å². The van der Waals surface area contributed by atoms with Gasteiger partial charge in [0.25, 0.3) is 0 Å². The summed E-state index contributed by atoms with van der Waals surface area (Å²) in [6.07, 6.45) is 94.1. The van der Waals surface area contributed by atoms with Crippen LogP contribution in [0.2, 0.25) is 0 Å². The first-order valence-electron chi connectivity index (χ1n) is 37.5. The number of hydrogen-bond donors (Lipinski definition) is 5. The molecular weight excluding hydrogens is 1020 g/mol. The van der Waals surface area contributed by atoms with E-state index >= 15 is 0 Å². The van der Waals surface area contributed by atoms with Gasteiger partial charge in [0.05, 0.1) is 18.8 Å². The zero-order valence-electron chi connectivity index (χ0n) is 56.0. The Kier molecular flexibility index (Phi) is 69.5. The molecule has 0 heterocycles. The fourth-order valence-corrected chi connectivity index (χ4v) is 11.9. The number of aliphatic hydroxyl groups is 4. The molecule has 0 aromatic carbocycles. The summed E-state index contributed by atoms with van der Waals surface area (Å²) < 4.78 is 0. The first-order chi connectivity index (χ1) is 41.0. The van der Waals surface area contributed by atoms with Gasteiger partial charge in [0.1, 0.15) is 12.2 Å². The van der Waals surface area contributed by atoms with Crippen molar-refractivity contribution in [1.29, 1.82) is 0 Å². The Bertz CT molecular complexity index is 1360. The Morgan fingerprint density at radius 2 is 0.542 bits per heavy atom. The average molecular weight is 1170 g/mol. The normalized spacial score (nSPS) is 13.7. The van der Waals surface area contributed by atoms with E-state index in [2.05, 4.69) is 67.8 Å². The molecule has 0 radical (unpaired) electrons. The SMILES string of the molecule is CCCCCCCCCCCCCCC/C=C\C/C=C\CCCCCCCCCCCCCCCCCCC(O)C(=O)NC(CO)C(O)C(O)CCC/C=C/CC/C=C/CCCCCCCCCCCCCCCCCCCCCCCC. The molecule has 4 unspecified atom stereocenters. The molecule has 0 aromatic heterocycles. The van der Waals surface area contributed by atoms with Crippen molar-refractivity contribution in [3.05, 3.63) is 48.6 Å². The maximum atomic E-state index is 12.7. The van der Waals surface area contributed by atoms with E-state index in [-0.39, 0.29) is 0 Å². The number of unbranched alkanes of at least 4 members (excludes halogenated alkanes) is 53. The third-order valence-electron chi connectivity index (χ3n) is 17.7. The summed E-state index contributed by atoms with van der Waals surface area (Å²) in [5, 5.41) is 44.2. The van der Waals surface area contributed by atoms with E-state index < -0.39 is 36.9 Å². The van der Waals surface area contributed by atoms with Crippen molar-refractivity contribution in [3.8, 4) is 0 Å². The zero-order valence-corrected chi connectivity index (χ0v) is 56.0. The lowest BCUT2D eigenvalue weighted by Crippen LogP contribution is -2.53. The van der Waals surface area contributed by atoms with Gasteiger partial charge in [-0.1, -0.05) is 371 Å². The lowest BCUT2D eigenvalue weighted by Gasteiger charge is -2.27. The van der Waals surface area contributed by atoms with Gasteiger partial charge >= 0.3 is 0 Å². The van der Waals surface area contributed by atoms with Gasteiger partial charge in [0.2, 0.25) is 5.91 Å². The number of nitrogens with one attached hydrogen (secondary N) is 1. The van der Waals surface area contributed by atoms with Crippen molar-refractivity contribution in [1.82, 2.24) is 5.32 Å². The highest BCUT2D eigenvalue weighted by Crippen LogP contribution is 2.19. The zero-order chi connectivity index (χ0) is 60.1. The second-order valence-electron chi connectivity index (χ2n) is 26.0. The van der Waals surface area contributed by atoms with Crippen LogP contribution in [0.5, 0.6) is 0 Å². The van der Waals surface area contributed by atoms with Gasteiger partial charge in [-0.25, -0.2) is 0 Å². The predicted octanol–water partition coefficient (Wildman–Crippen LogP) is 23.6. The number of allylic oxidation sites excluding steroid dienone is 8. The third-order valence-corrected chi connectivity index (χ3v) is 17.7.